The normalized spacial score (nSPS) is 46.7. The summed E-state index contributed by atoms with van der Waals surface area (Å²) in [4.78, 5) is 0. The average Bonchev–Trinajstić information content (AvgIpc) is 3.11. The van der Waals surface area contributed by atoms with Crippen LogP contribution in [0.15, 0.2) is 23.3 Å². The molecule has 7 atom stereocenters. The topological polar surface area (TPSA) is 80.3 Å². The lowest BCUT2D eigenvalue weighted by Gasteiger charge is -2.58. The maximum Gasteiger partial charge on any atom is 0.264 e. The summed E-state index contributed by atoms with van der Waals surface area (Å²) in [6, 6.07) is 0. The third-order valence-corrected chi connectivity index (χ3v) is 10.1. The first-order valence-electron chi connectivity index (χ1n) is 12.5. The van der Waals surface area contributed by atoms with E-state index in [9.17, 15) is 8.42 Å². The van der Waals surface area contributed by atoms with Gasteiger partial charge in [-0.05, 0) is 50.4 Å². The van der Waals surface area contributed by atoms with Crippen molar-refractivity contribution in [3.05, 3.63) is 23.3 Å². The highest BCUT2D eigenvalue weighted by Crippen LogP contribution is 2.65. The zero-order valence-electron chi connectivity index (χ0n) is 19.7. The van der Waals surface area contributed by atoms with Crippen LogP contribution in [0, 0.1) is 22.7 Å². The molecule has 8 heteroatoms. The second-order valence-corrected chi connectivity index (χ2v) is 12.7. The molecule has 7 nitrogen and oxygen atoms in total. The number of hydrogen-bond donors (Lipinski definition) is 0. The number of rotatable bonds is 4. The Morgan fingerprint density at radius 1 is 1.06 bits per heavy atom. The highest BCUT2D eigenvalue weighted by atomic mass is 32.2. The predicted molar refractivity (Wildman–Crippen MR) is 121 cm³/mol. The largest absolute Gasteiger partial charge is 0.375 e. The molecule has 0 radical (unpaired) electrons. The van der Waals surface area contributed by atoms with E-state index in [1.165, 1.54) is 17.6 Å². The fraction of sp³-hybridized carbons (Fsp3) is 0.840. The number of hydrogen-bond acceptors (Lipinski definition) is 7. The minimum absolute atomic E-state index is 0.133. The summed E-state index contributed by atoms with van der Waals surface area (Å²) in [6.45, 7) is 4.70. The molecule has 4 aliphatic heterocycles. The Labute approximate surface area is 196 Å². The van der Waals surface area contributed by atoms with Crippen molar-refractivity contribution in [1.29, 1.82) is 0 Å². The van der Waals surface area contributed by atoms with Gasteiger partial charge >= 0.3 is 0 Å². The maximum atomic E-state index is 11.8. The average molecular weight is 481 g/mol. The third-order valence-electron chi connectivity index (χ3n) is 9.54. The van der Waals surface area contributed by atoms with E-state index in [1.54, 1.807) is 0 Å². The van der Waals surface area contributed by atoms with Crippen molar-refractivity contribution in [1.82, 2.24) is 0 Å². The highest BCUT2D eigenvalue weighted by Gasteiger charge is 2.62. The molecule has 1 saturated heterocycles. The maximum absolute atomic E-state index is 11.8. The van der Waals surface area contributed by atoms with Crippen molar-refractivity contribution in [2.75, 3.05) is 39.3 Å². The number of allylic oxidation sites excluding steroid dienone is 3. The van der Waals surface area contributed by atoms with Crippen molar-refractivity contribution in [2.24, 2.45) is 22.7 Å². The standard InChI is InChI=1S/C25H36O7S/c1-23-8-7-20-18-4-3-17-15-25(30-13-11-28-21(23)6-5-19(18)23)22(29-12-14-31-25)16-24(17,20)9-10-32-33(2,26)27/h3,7,18-19,21-22H,4-6,8-16H2,1-2H3/t18-,19+,21?,22?,23-,24-,25?/m0/s1. The quantitative estimate of drug-likeness (QED) is 0.451. The van der Waals surface area contributed by atoms with E-state index >= 15 is 0 Å². The van der Waals surface area contributed by atoms with Crippen molar-refractivity contribution >= 4 is 10.1 Å². The molecule has 33 heavy (non-hydrogen) atoms. The molecule has 0 N–H and O–H groups in total. The van der Waals surface area contributed by atoms with Gasteiger partial charge in [0.2, 0.25) is 0 Å². The fourth-order valence-corrected chi connectivity index (χ4v) is 8.46. The Hall–Kier alpha value is -0.770. The Morgan fingerprint density at radius 2 is 1.82 bits per heavy atom. The van der Waals surface area contributed by atoms with E-state index in [4.69, 9.17) is 23.1 Å². The molecule has 8 rings (SSSR count). The molecule has 184 valence electrons. The van der Waals surface area contributed by atoms with Gasteiger partial charge in [-0.15, -0.1) is 0 Å². The fourth-order valence-electron chi connectivity index (χ4n) is 8.08. The van der Waals surface area contributed by atoms with Crippen LogP contribution in [-0.2, 0) is 33.2 Å². The SMILES string of the molecule is C[C@@]12CC=C3[C@H]4CC=C5CC6(OCCOC6C[C@@]53CCOS(C)(=O)=O)OCCOC1CC[C@H]42. The monoisotopic (exact) mass is 480 g/mol. The van der Waals surface area contributed by atoms with Gasteiger partial charge in [0.25, 0.3) is 10.1 Å². The van der Waals surface area contributed by atoms with Gasteiger partial charge in [0.05, 0.1) is 45.4 Å². The lowest BCUT2D eigenvalue weighted by atomic mass is 9.50. The molecule has 4 aliphatic carbocycles. The first-order valence-corrected chi connectivity index (χ1v) is 14.3. The summed E-state index contributed by atoms with van der Waals surface area (Å²) in [7, 11) is -3.50. The first-order chi connectivity index (χ1) is 15.8. The molecule has 8 bridgehead atoms. The zero-order valence-corrected chi connectivity index (χ0v) is 20.5. The van der Waals surface area contributed by atoms with Crippen molar-refractivity contribution in [3.63, 3.8) is 0 Å². The van der Waals surface area contributed by atoms with Gasteiger partial charge in [0.15, 0.2) is 5.79 Å². The summed E-state index contributed by atoms with van der Waals surface area (Å²) >= 11 is 0. The van der Waals surface area contributed by atoms with Crippen LogP contribution in [0.25, 0.3) is 0 Å². The van der Waals surface area contributed by atoms with Crippen LogP contribution in [0.5, 0.6) is 0 Å². The predicted octanol–water partition coefficient (Wildman–Crippen LogP) is 3.35. The second-order valence-electron chi connectivity index (χ2n) is 11.1. The van der Waals surface area contributed by atoms with Crippen molar-refractivity contribution < 1.29 is 31.5 Å². The summed E-state index contributed by atoms with van der Waals surface area (Å²) in [5.41, 5.74) is 2.65. The molecule has 8 aliphatic rings. The van der Waals surface area contributed by atoms with Crippen LogP contribution in [0.1, 0.15) is 51.9 Å². The highest BCUT2D eigenvalue weighted by molar-refractivity contribution is 7.85. The van der Waals surface area contributed by atoms with E-state index in [0.29, 0.717) is 51.1 Å². The van der Waals surface area contributed by atoms with E-state index in [-0.39, 0.29) is 29.6 Å². The van der Waals surface area contributed by atoms with E-state index in [2.05, 4.69) is 19.1 Å². The molecular formula is C25H36O7S. The van der Waals surface area contributed by atoms with Crippen LogP contribution in [-0.4, -0.2) is 65.7 Å². The minimum atomic E-state index is -3.50. The summed E-state index contributed by atoms with van der Waals surface area (Å²) in [5, 5.41) is 0. The molecule has 3 fully saturated rings. The first kappa shape index (κ1) is 22.7. The third kappa shape index (κ3) is 3.51. The van der Waals surface area contributed by atoms with Crippen LogP contribution in [0.2, 0.25) is 0 Å². The summed E-state index contributed by atoms with van der Waals surface area (Å²) < 4.78 is 54.4. The van der Waals surface area contributed by atoms with Gasteiger partial charge < -0.3 is 18.9 Å². The Balaban J connectivity index is 1.46. The van der Waals surface area contributed by atoms with Crippen LogP contribution < -0.4 is 0 Å². The zero-order chi connectivity index (χ0) is 22.9. The Kier molecular flexibility index (Phi) is 5.41. The molecule has 4 heterocycles. The van der Waals surface area contributed by atoms with Crippen molar-refractivity contribution in [3.8, 4) is 0 Å². The van der Waals surface area contributed by atoms with Gasteiger partial charge in [-0.2, -0.15) is 8.42 Å². The van der Waals surface area contributed by atoms with Gasteiger partial charge in [0.1, 0.15) is 6.10 Å². The molecule has 2 saturated carbocycles. The van der Waals surface area contributed by atoms with Gasteiger partial charge in [-0.25, -0.2) is 0 Å². The summed E-state index contributed by atoms with van der Waals surface area (Å²) in [5.74, 6) is 0.236. The smallest absolute Gasteiger partial charge is 0.264 e. The van der Waals surface area contributed by atoms with Crippen LogP contribution in [0.4, 0.5) is 0 Å². The van der Waals surface area contributed by atoms with Gasteiger partial charge in [-0.1, -0.05) is 30.2 Å². The molecule has 0 amide bonds. The van der Waals surface area contributed by atoms with Crippen LogP contribution >= 0.6 is 0 Å². The molecule has 1 spiro atoms. The molecule has 0 aromatic heterocycles. The number of ether oxygens (including phenoxy) is 4. The number of fused-ring (bicyclic) bond motifs is 1. The Bertz CT molecular complexity index is 973. The van der Waals surface area contributed by atoms with Gasteiger partial charge in [-0.3, -0.25) is 4.18 Å². The van der Waals surface area contributed by atoms with Crippen molar-refractivity contribution in [2.45, 2.75) is 69.9 Å². The minimum Gasteiger partial charge on any atom is -0.375 e. The Morgan fingerprint density at radius 3 is 2.58 bits per heavy atom. The van der Waals surface area contributed by atoms with E-state index < -0.39 is 15.9 Å². The van der Waals surface area contributed by atoms with Crippen LogP contribution in [0.3, 0.4) is 0 Å². The van der Waals surface area contributed by atoms with E-state index in [1.807, 2.05) is 0 Å². The molecule has 0 aromatic rings. The molecular weight excluding hydrogens is 444 g/mol. The second kappa shape index (κ2) is 7.87. The lowest BCUT2D eigenvalue weighted by molar-refractivity contribution is -0.338. The van der Waals surface area contributed by atoms with Gasteiger partial charge in [0, 0.05) is 17.3 Å². The lowest BCUT2D eigenvalue weighted by Crippen LogP contribution is -2.60. The summed E-state index contributed by atoms with van der Waals surface area (Å²) in [6.07, 6.45) is 12.4. The molecule has 0 aromatic carbocycles. The molecule has 3 unspecified atom stereocenters. The van der Waals surface area contributed by atoms with E-state index in [0.717, 1.165) is 31.9 Å².